The Morgan fingerprint density at radius 2 is 1.84 bits per heavy atom. The number of carbonyl (C=O) groups is 1. The average molecular weight is 355 g/mol. The van der Waals surface area contributed by atoms with Gasteiger partial charge in [0.15, 0.2) is 4.77 Å². The molecule has 5 nitrogen and oxygen atoms in total. The Hall–Kier alpha value is -2.21. The van der Waals surface area contributed by atoms with E-state index in [0.717, 1.165) is 31.4 Å². The van der Waals surface area contributed by atoms with Gasteiger partial charge >= 0.3 is 0 Å². The van der Waals surface area contributed by atoms with Gasteiger partial charge in [0.05, 0.1) is 10.9 Å². The standard InChI is InChI=1S/C19H21N3O2S/c23-17(21-11-13-5-1-2-6-14(13)12-21)9-10-22-18(24)15-7-3-4-8-16(15)20-19(22)25/h1-4,7-8,13-14H,5-6,9-12H2,(H,20,25)/t13-,14-/m1/s1. The molecule has 25 heavy (non-hydrogen) atoms. The van der Waals surface area contributed by atoms with E-state index in [1.54, 1.807) is 6.07 Å². The second kappa shape index (κ2) is 6.59. The highest BCUT2D eigenvalue weighted by Crippen LogP contribution is 2.32. The van der Waals surface area contributed by atoms with E-state index in [1.807, 2.05) is 23.1 Å². The minimum absolute atomic E-state index is 0.115. The molecule has 0 radical (unpaired) electrons. The molecule has 1 fully saturated rings. The third-order valence-electron chi connectivity index (χ3n) is 5.41. The van der Waals surface area contributed by atoms with Crippen LogP contribution in [0.2, 0.25) is 0 Å². The fourth-order valence-corrected chi connectivity index (χ4v) is 4.27. The van der Waals surface area contributed by atoms with Gasteiger partial charge in [0.1, 0.15) is 0 Å². The van der Waals surface area contributed by atoms with Crippen molar-refractivity contribution in [3.63, 3.8) is 0 Å². The Bertz CT molecular complexity index is 943. The summed E-state index contributed by atoms with van der Waals surface area (Å²) < 4.78 is 1.87. The van der Waals surface area contributed by atoms with Crippen molar-refractivity contribution >= 4 is 29.0 Å². The minimum atomic E-state index is -0.133. The van der Waals surface area contributed by atoms with E-state index in [0.29, 0.717) is 35.0 Å². The SMILES string of the molecule is O=C(CCn1c(=S)[nH]c2ccccc2c1=O)N1C[C@H]2CC=CC[C@@H]2C1. The van der Waals surface area contributed by atoms with Gasteiger partial charge in [0.25, 0.3) is 5.56 Å². The molecule has 1 aliphatic carbocycles. The number of likely N-dealkylation sites (tertiary alicyclic amines) is 1. The molecule has 0 unspecified atom stereocenters. The molecule has 1 aromatic heterocycles. The number of amides is 1. The van der Waals surface area contributed by atoms with E-state index in [4.69, 9.17) is 12.2 Å². The summed E-state index contributed by atoms with van der Waals surface area (Å²) in [5.41, 5.74) is 0.600. The number of hydrogen-bond acceptors (Lipinski definition) is 3. The summed E-state index contributed by atoms with van der Waals surface area (Å²) in [6, 6.07) is 7.31. The number of H-pyrrole nitrogens is 1. The number of nitrogens with one attached hydrogen (secondary N) is 1. The van der Waals surface area contributed by atoms with Crippen LogP contribution in [0.5, 0.6) is 0 Å². The van der Waals surface area contributed by atoms with E-state index >= 15 is 0 Å². The highest BCUT2D eigenvalue weighted by atomic mass is 32.1. The number of fused-ring (bicyclic) bond motifs is 2. The smallest absolute Gasteiger partial charge is 0.262 e. The Morgan fingerprint density at radius 1 is 1.16 bits per heavy atom. The summed E-state index contributed by atoms with van der Waals surface area (Å²) in [6.07, 6.45) is 6.91. The number of rotatable bonds is 3. The number of benzene rings is 1. The van der Waals surface area contributed by atoms with Crippen LogP contribution >= 0.6 is 12.2 Å². The lowest BCUT2D eigenvalue weighted by Crippen LogP contribution is -2.31. The van der Waals surface area contributed by atoms with Crippen LogP contribution < -0.4 is 5.56 Å². The maximum atomic E-state index is 12.6. The lowest BCUT2D eigenvalue weighted by atomic mass is 9.86. The largest absolute Gasteiger partial charge is 0.342 e. The lowest BCUT2D eigenvalue weighted by molar-refractivity contribution is -0.130. The fraction of sp³-hybridized carbons (Fsp3) is 0.421. The van der Waals surface area contributed by atoms with Gasteiger partial charge in [-0.2, -0.15) is 0 Å². The monoisotopic (exact) mass is 355 g/mol. The molecule has 2 heterocycles. The van der Waals surface area contributed by atoms with E-state index in [1.165, 1.54) is 4.57 Å². The highest BCUT2D eigenvalue weighted by molar-refractivity contribution is 7.71. The Balaban J connectivity index is 1.48. The predicted molar refractivity (Wildman–Crippen MR) is 99.9 cm³/mol. The number of para-hydroxylation sites is 1. The second-order valence-electron chi connectivity index (χ2n) is 6.94. The summed E-state index contributed by atoms with van der Waals surface area (Å²) in [5.74, 6) is 1.31. The van der Waals surface area contributed by atoms with Crippen LogP contribution in [0.25, 0.3) is 10.9 Å². The maximum Gasteiger partial charge on any atom is 0.262 e. The van der Waals surface area contributed by atoms with Gasteiger partial charge in [-0.1, -0.05) is 24.3 Å². The topological polar surface area (TPSA) is 58.1 Å². The molecule has 130 valence electrons. The van der Waals surface area contributed by atoms with Crippen molar-refractivity contribution in [1.29, 1.82) is 0 Å². The first-order chi connectivity index (χ1) is 12.1. The fourth-order valence-electron chi connectivity index (χ4n) is 3.99. The molecule has 6 heteroatoms. The van der Waals surface area contributed by atoms with E-state index in [2.05, 4.69) is 17.1 Å². The molecule has 0 spiro atoms. The van der Waals surface area contributed by atoms with Gasteiger partial charge in [-0.3, -0.25) is 14.2 Å². The van der Waals surface area contributed by atoms with E-state index in [-0.39, 0.29) is 11.5 Å². The number of nitrogens with zero attached hydrogens (tertiary/aromatic N) is 2. The van der Waals surface area contributed by atoms with Crippen molar-refractivity contribution in [3.05, 3.63) is 51.5 Å². The minimum Gasteiger partial charge on any atom is -0.342 e. The van der Waals surface area contributed by atoms with Crippen LogP contribution in [0.4, 0.5) is 0 Å². The molecular formula is C19H21N3O2S. The van der Waals surface area contributed by atoms with Crippen LogP contribution in [-0.4, -0.2) is 33.4 Å². The third-order valence-corrected chi connectivity index (χ3v) is 5.73. The van der Waals surface area contributed by atoms with Gasteiger partial charge < -0.3 is 9.88 Å². The molecular weight excluding hydrogens is 334 g/mol. The maximum absolute atomic E-state index is 12.6. The van der Waals surface area contributed by atoms with Crippen molar-refractivity contribution in [3.8, 4) is 0 Å². The summed E-state index contributed by atoms with van der Waals surface area (Å²) >= 11 is 5.31. The average Bonchev–Trinajstić information content (AvgIpc) is 3.05. The molecule has 2 atom stereocenters. The summed E-state index contributed by atoms with van der Waals surface area (Å²) in [7, 11) is 0. The van der Waals surface area contributed by atoms with Crippen LogP contribution in [0.15, 0.2) is 41.2 Å². The van der Waals surface area contributed by atoms with Crippen LogP contribution in [-0.2, 0) is 11.3 Å². The second-order valence-corrected chi connectivity index (χ2v) is 7.33. The first-order valence-corrected chi connectivity index (χ1v) is 9.19. The normalized spacial score (nSPS) is 22.3. The molecule has 1 N–H and O–H groups in total. The summed E-state index contributed by atoms with van der Waals surface area (Å²) in [6.45, 7) is 2.00. The molecule has 1 saturated heterocycles. The van der Waals surface area contributed by atoms with Gasteiger partial charge in [-0.15, -0.1) is 0 Å². The number of hydrogen-bond donors (Lipinski definition) is 1. The van der Waals surface area contributed by atoms with Crippen molar-refractivity contribution in [2.24, 2.45) is 11.8 Å². The zero-order valence-electron chi connectivity index (χ0n) is 14.0. The molecule has 4 rings (SSSR count). The van der Waals surface area contributed by atoms with Crippen molar-refractivity contribution in [1.82, 2.24) is 14.5 Å². The summed E-state index contributed by atoms with van der Waals surface area (Å²) in [5, 5.41) is 0.599. The van der Waals surface area contributed by atoms with Gasteiger partial charge in [-0.25, -0.2) is 0 Å². The lowest BCUT2D eigenvalue weighted by Gasteiger charge is -2.17. The summed E-state index contributed by atoms with van der Waals surface area (Å²) in [4.78, 5) is 30.3. The third kappa shape index (κ3) is 3.06. The Labute approximate surface area is 151 Å². The van der Waals surface area contributed by atoms with Gasteiger partial charge in [0, 0.05) is 26.1 Å². The molecule has 0 bridgehead atoms. The number of aromatic amines is 1. The van der Waals surface area contributed by atoms with Crippen LogP contribution in [0, 0.1) is 16.6 Å². The molecule has 1 aromatic carbocycles. The van der Waals surface area contributed by atoms with Crippen molar-refractivity contribution < 1.29 is 4.79 Å². The molecule has 0 saturated carbocycles. The van der Waals surface area contributed by atoms with Gasteiger partial charge in [0.2, 0.25) is 5.91 Å². The first-order valence-electron chi connectivity index (χ1n) is 8.78. The Morgan fingerprint density at radius 3 is 2.56 bits per heavy atom. The van der Waals surface area contributed by atoms with Crippen molar-refractivity contribution in [2.75, 3.05) is 13.1 Å². The quantitative estimate of drug-likeness (QED) is 0.680. The molecule has 1 amide bonds. The zero-order chi connectivity index (χ0) is 17.4. The number of allylic oxidation sites excluding steroid dienone is 2. The first kappa shape index (κ1) is 16.3. The number of carbonyl (C=O) groups excluding carboxylic acids is 1. The van der Waals surface area contributed by atoms with E-state index in [9.17, 15) is 9.59 Å². The molecule has 2 aliphatic rings. The highest BCUT2D eigenvalue weighted by Gasteiger charge is 2.34. The van der Waals surface area contributed by atoms with E-state index < -0.39 is 0 Å². The van der Waals surface area contributed by atoms with Gasteiger partial charge in [-0.05, 0) is 49.0 Å². The number of aromatic nitrogens is 2. The van der Waals surface area contributed by atoms with Crippen molar-refractivity contribution in [2.45, 2.75) is 25.8 Å². The molecule has 1 aliphatic heterocycles. The Kier molecular flexibility index (Phi) is 4.29. The van der Waals surface area contributed by atoms with Crippen LogP contribution in [0.3, 0.4) is 0 Å². The molecule has 2 aromatic rings. The zero-order valence-corrected chi connectivity index (χ0v) is 14.8. The van der Waals surface area contributed by atoms with Crippen LogP contribution in [0.1, 0.15) is 19.3 Å². The predicted octanol–water partition coefficient (Wildman–Crippen LogP) is 2.87.